The monoisotopic (exact) mass is 245 g/mol. The Bertz CT molecular complexity index is 477. The van der Waals surface area contributed by atoms with Crippen molar-refractivity contribution in [1.29, 1.82) is 0 Å². The second-order valence-electron chi connectivity index (χ2n) is 4.77. The van der Waals surface area contributed by atoms with Crippen molar-refractivity contribution in [2.24, 2.45) is 11.7 Å². The average molecular weight is 245 g/mol. The fourth-order valence-corrected chi connectivity index (χ4v) is 1.79. The van der Waals surface area contributed by atoms with Gasteiger partial charge in [0.25, 0.3) is 0 Å². The van der Waals surface area contributed by atoms with E-state index in [2.05, 4.69) is 41.5 Å². The molecular weight excluding hydrogens is 226 g/mol. The molecule has 1 atom stereocenters. The Morgan fingerprint density at radius 1 is 1.22 bits per heavy atom. The minimum Gasteiger partial charge on any atom is -0.321 e. The van der Waals surface area contributed by atoms with Gasteiger partial charge in [-0.3, -0.25) is 0 Å². The second-order valence-corrected chi connectivity index (χ2v) is 4.77. The first-order valence-electron chi connectivity index (χ1n) is 6.24. The Balaban J connectivity index is 2.04. The molecule has 0 fully saturated rings. The molecule has 0 aliphatic carbocycles. The molecule has 0 saturated heterocycles. The summed E-state index contributed by atoms with van der Waals surface area (Å²) < 4.78 is 1.80. The van der Waals surface area contributed by atoms with E-state index < -0.39 is 0 Å². The van der Waals surface area contributed by atoms with Crippen LogP contribution in [0.15, 0.2) is 30.3 Å². The summed E-state index contributed by atoms with van der Waals surface area (Å²) >= 11 is 0. The van der Waals surface area contributed by atoms with E-state index in [1.807, 2.05) is 18.2 Å². The number of tetrazole rings is 1. The van der Waals surface area contributed by atoms with Crippen LogP contribution in [0, 0.1) is 5.92 Å². The highest BCUT2D eigenvalue weighted by atomic mass is 15.5. The van der Waals surface area contributed by atoms with Gasteiger partial charge in [0.2, 0.25) is 0 Å². The summed E-state index contributed by atoms with van der Waals surface area (Å²) in [5.74, 6) is 1.09. The topological polar surface area (TPSA) is 69.6 Å². The largest absolute Gasteiger partial charge is 0.321 e. The lowest BCUT2D eigenvalue weighted by Gasteiger charge is -2.14. The first kappa shape index (κ1) is 12.7. The molecule has 0 bridgehead atoms. The number of benzene rings is 1. The van der Waals surface area contributed by atoms with E-state index in [9.17, 15) is 0 Å². The molecule has 0 spiro atoms. The van der Waals surface area contributed by atoms with E-state index in [0.717, 1.165) is 18.8 Å². The molecule has 1 aromatic carbocycles. The smallest absolute Gasteiger partial charge is 0.168 e. The van der Waals surface area contributed by atoms with Crippen molar-refractivity contribution in [1.82, 2.24) is 20.2 Å². The summed E-state index contributed by atoms with van der Waals surface area (Å²) in [6.45, 7) is 4.90. The van der Waals surface area contributed by atoms with Crippen LogP contribution < -0.4 is 5.73 Å². The summed E-state index contributed by atoms with van der Waals surface area (Å²) in [7, 11) is 0. The maximum atomic E-state index is 6.09. The molecule has 2 N–H and O–H groups in total. The van der Waals surface area contributed by atoms with E-state index in [1.54, 1.807) is 4.68 Å². The molecule has 5 nitrogen and oxygen atoms in total. The Morgan fingerprint density at radius 2 is 1.94 bits per heavy atom. The van der Waals surface area contributed by atoms with Gasteiger partial charge < -0.3 is 5.73 Å². The predicted octanol–water partition coefficient (Wildman–Crippen LogP) is 1.57. The summed E-state index contributed by atoms with van der Waals surface area (Å²) in [5.41, 5.74) is 7.36. The Morgan fingerprint density at radius 3 is 2.61 bits per heavy atom. The number of nitrogens with two attached hydrogens (primary N) is 1. The standard InChI is InChI=1S/C13H19N5/c1-10(2)12(14)13-15-16-17-18(13)9-8-11-6-4-3-5-7-11/h3-7,10,12H,8-9,14H2,1-2H3. The van der Waals surface area contributed by atoms with Crippen LogP contribution in [0.2, 0.25) is 0 Å². The fraction of sp³-hybridized carbons (Fsp3) is 0.462. The van der Waals surface area contributed by atoms with Gasteiger partial charge in [0.15, 0.2) is 5.82 Å². The molecule has 2 rings (SSSR count). The van der Waals surface area contributed by atoms with Crippen LogP contribution in [0.3, 0.4) is 0 Å². The number of rotatable bonds is 5. The van der Waals surface area contributed by atoms with Gasteiger partial charge in [-0.2, -0.15) is 0 Å². The zero-order valence-corrected chi connectivity index (χ0v) is 10.8. The lowest BCUT2D eigenvalue weighted by atomic mass is 10.1. The lowest BCUT2D eigenvalue weighted by molar-refractivity contribution is 0.450. The van der Waals surface area contributed by atoms with Gasteiger partial charge >= 0.3 is 0 Å². The van der Waals surface area contributed by atoms with Crippen LogP contribution in [0.1, 0.15) is 31.3 Å². The zero-order chi connectivity index (χ0) is 13.0. The van der Waals surface area contributed by atoms with Crippen molar-refractivity contribution >= 4 is 0 Å². The quantitative estimate of drug-likeness (QED) is 0.868. The van der Waals surface area contributed by atoms with Crippen LogP contribution >= 0.6 is 0 Å². The highest BCUT2D eigenvalue weighted by Crippen LogP contribution is 2.15. The van der Waals surface area contributed by atoms with Crippen molar-refractivity contribution < 1.29 is 0 Å². The first-order valence-corrected chi connectivity index (χ1v) is 6.24. The van der Waals surface area contributed by atoms with Crippen molar-refractivity contribution in [3.63, 3.8) is 0 Å². The summed E-state index contributed by atoms with van der Waals surface area (Å²) in [6.07, 6.45) is 0.906. The van der Waals surface area contributed by atoms with Crippen molar-refractivity contribution in [2.45, 2.75) is 32.9 Å². The van der Waals surface area contributed by atoms with E-state index in [4.69, 9.17) is 5.73 Å². The molecule has 1 unspecified atom stereocenters. The number of hydrogen-bond donors (Lipinski definition) is 1. The third-order valence-electron chi connectivity index (χ3n) is 3.03. The van der Waals surface area contributed by atoms with Gasteiger partial charge in [0, 0.05) is 6.54 Å². The molecule has 18 heavy (non-hydrogen) atoms. The number of aromatic nitrogens is 4. The fourth-order valence-electron chi connectivity index (χ4n) is 1.79. The summed E-state index contributed by atoms with van der Waals surface area (Å²) in [5, 5.41) is 11.8. The highest BCUT2D eigenvalue weighted by molar-refractivity contribution is 5.14. The van der Waals surface area contributed by atoms with Gasteiger partial charge in [0.1, 0.15) is 0 Å². The zero-order valence-electron chi connectivity index (χ0n) is 10.8. The minimum absolute atomic E-state index is 0.115. The van der Waals surface area contributed by atoms with Crippen molar-refractivity contribution in [3.05, 3.63) is 41.7 Å². The third-order valence-corrected chi connectivity index (χ3v) is 3.03. The normalized spacial score (nSPS) is 12.9. The molecule has 1 heterocycles. The molecule has 0 aliphatic heterocycles. The molecule has 2 aromatic rings. The third kappa shape index (κ3) is 2.92. The molecular formula is C13H19N5. The van der Waals surface area contributed by atoms with E-state index in [0.29, 0.717) is 5.92 Å². The van der Waals surface area contributed by atoms with Crippen LogP contribution in [-0.4, -0.2) is 20.2 Å². The number of nitrogens with zero attached hydrogens (tertiary/aromatic N) is 4. The Labute approximate surface area is 107 Å². The first-order chi connectivity index (χ1) is 8.68. The predicted molar refractivity (Wildman–Crippen MR) is 69.7 cm³/mol. The van der Waals surface area contributed by atoms with Gasteiger partial charge in [-0.25, -0.2) is 4.68 Å². The van der Waals surface area contributed by atoms with Crippen LogP contribution in [-0.2, 0) is 13.0 Å². The molecule has 5 heteroatoms. The minimum atomic E-state index is -0.115. The average Bonchev–Trinajstić information content (AvgIpc) is 2.84. The molecule has 0 aliphatic rings. The van der Waals surface area contributed by atoms with Gasteiger partial charge in [-0.05, 0) is 28.3 Å². The number of hydrogen-bond acceptors (Lipinski definition) is 4. The molecule has 0 saturated carbocycles. The SMILES string of the molecule is CC(C)C(N)c1nnnn1CCc1ccccc1. The number of aryl methyl sites for hydroxylation is 2. The maximum Gasteiger partial charge on any atom is 0.168 e. The molecule has 0 radical (unpaired) electrons. The molecule has 1 aromatic heterocycles. The lowest BCUT2D eigenvalue weighted by Crippen LogP contribution is -2.22. The van der Waals surface area contributed by atoms with E-state index in [-0.39, 0.29) is 6.04 Å². The van der Waals surface area contributed by atoms with E-state index >= 15 is 0 Å². The van der Waals surface area contributed by atoms with Crippen LogP contribution in [0.25, 0.3) is 0 Å². The van der Waals surface area contributed by atoms with Crippen molar-refractivity contribution in [2.75, 3.05) is 0 Å². The Hall–Kier alpha value is -1.75. The highest BCUT2D eigenvalue weighted by Gasteiger charge is 2.17. The molecule has 0 amide bonds. The second kappa shape index (κ2) is 5.73. The van der Waals surface area contributed by atoms with Crippen LogP contribution in [0.5, 0.6) is 0 Å². The van der Waals surface area contributed by atoms with Gasteiger partial charge in [0.05, 0.1) is 6.04 Å². The summed E-state index contributed by atoms with van der Waals surface area (Å²) in [6, 6.07) is 10.2. The van der Waals surface area contributed by atoms with Crippen LogP contribution in [0.4, 0.5) is 0 Å². The van der Waals surface area contributed by atoms with Crippen molar-refractivity contribution in [3.8, 4) is 0 Å². The Kier molecular flexibility index (Phi) is 4.04. The van der Waals surface area contributed by atoms with Gasteiger partial charge in [-0.1, -0.05) is 44.2 Å². The summed E-state index contributed by atoms with van der Waals surface area (Å²) in [4.78, 5) is 0. The maximum absolute atomic E-state index is 6.09. The van der Waals surface area contributed by atoms with Gasteiger partial charge in [-0.15, -0.1) is 5.10 Å². The van der Waals surface area contributed by atoms with E-state index in [1.165, 1.54) is 5.56 Å². The molecule has 96 valence electrons.